The molecule has 0 radical (unpaired) electrons. The molecule has 1 N–H and O–H groups in total. The SMILES string of the molecule is COC(=O)c1sccc1NC(=O)N1CCOc2ccc([C@@H](C)N(C)C(C)=O)cc2C1. The van der Waals surface area contributed by atoms with Crippen molar-refractivity contribution < 1.29 is 23.9 Å². The summed E-state index contributed by atoms with van der Waals surface area (Å²) >= 11 is 1.21. The van der Waals surface area contributed by atoms with Crippen molar-refractivity contribution in [1.29, 1.82) is 0 Å². The maximum absolute atomic E-state index is 12.9. The van der Waals surface area contributed by atoms with Crippen molar-refractivity contribution >= 4 is 34.9 Å². The zero-order valence-corrected chi connectivity index (χ0v) is 18.2. The van der Waals surface area contributed by atoms with E-state index in [4.69, 9.17) is 9.47 Å². The number of anilines is 1. The van der Waals surface area contributed by atoms with E-state index in [1.54, 1.807) is 28.3 Å². The molecule has 160 valence electrons. The van der Waals surface area contributed by atoms with Gasteiger partial charge < -0.3 is 24.6 Å². The van der Waals surface area contributed by atoms with E-state index in [2.05, 4.69) is 5.32 Å². The van der Waals surface area contributed by atoms with Crippen molar-refractivity contribution in [3.8, 4) is 5.75 Å². The number of ether oxygens (including phenoxy) is 2. The Hall–Kier alpha value is -3.07. The van der Waals surface area contributed by atoms with Crippen LogP contribution in [0.25, 0.3) is 0 Å². The molecular formula is C21H25N3O5S. The van der Waals surface area contributed by atoms with E-state index >= 15 is 0 Å². The molecule has 0 saturated heterocycles. The Balaban J connectivity index is 1.78. The van der Waals surface area contributed by atoms with E-state index in [9.17, 15) is 14.4 Å². The standard InChI is InChI=1S/C21H25N3O5S/c1-13(23(3)14(2)25)15-5-6-18-16(11-15)12-24(8-9-29-18)21(27)22-17-7-10-30-19(17)20(26)28-4/h5-7,10-11,13H,8-9,12H2,1-4H3,(H,22,27)/t13-/m1/s1. The van der Waals surface area contributed by atoms with Gasteiger partial charge in [-0.2, -0.15) is 0 Å². The van der Waals surface area contributed by atoms with Gasteiger partial charge in [-0.15, -0.1) is 11.3 Å². The van der Waals surface area contributed by atoms with E-state index < -0.39 is 5.97 Å². The van der Waals surface area contributed by atoms with Gasteiger partial charge in [-0.3, -0.25) is 4.79 Å². The minimum Gasteiger partial charge on any atom is -0.491 e. The largest absolute Gasteiger partial charge is 0.491 e. The summed E-state index contributed by atoms with van der Waals surface area (Å²) in [6.07, 6.45) is 0. The van der Waals surface area contributed by atoms with Crippen molar-refractivity contribution in [3.63, 3.8) is 0 Å². The number of amides is 3. The van der Waals surface area contributed by atoms with Crippen LogP contribution in [0.4, 0.5) is 10.5 Å². The lowest BCUT2D eigenvalue weighted by Gasteiger charge is -2.25. The first-order valence-corrected chi connectivity index (χ1v) is 10.4. The Morgan fingerprint density at radius 2 is 2.07 bits per heavy atom. The van der Waals surface area contributed by atoms with Gasteiger partial charge in [0.05, 0.1) is 31.9 Å². The number of carbonyl (C=O) groups excluding carboxylic acids is 3. The van der Waals surface area contributed by atoms with Gasteiger partial charge in [-0.1, -0.05) is 6.07 Å². The van der Waals surface area contributed by atoms with Gasteiger partial charge in [0.1, 0.15) is 17.2 Å². The number of fused-ring (bicyclic) bond motifs is 1. The lowest BCUT2D eigenvalue weighted by atomic mass is 10.0. The van der Waals surface area contributed by atoms with Crippen LogP contribution in [-0.2, 0) is 16.1 Å². The highest BCUT2D eigenvalue weighted by Crippen LogP contribution is 2.29. The van der Waals surface area contributed by atoms with Crippen LogP contribution < -0.4 is 10.1 Å². The number of esters is 1. The van der Waals surface area contributed by atoms with Gasteiger partial charge in [0.2, 0.25) is 5.91 Å². The normalized spacial score (nSPS) is 14.1. The third kappa shape index (κ3) is 4.56. The van der Waals surface area contributed by atoms with E-state index in [0.717, 1.165) is 16.9 Å². The van der Waals surface area contributed by atoms with Crippen molar-refractivity contribution in [2.24, 2.45) is 0 Å². The molecule has 2 heterocycles. The second-order valence-electron chi connectivity index (χ2n) is 7.03. The predicted molar refractivity (Wildman–Crippen MR) is 114 cm³/mol. The Labute approximate surface area is 179 Å². The van der Waals surface area contributed by atoms with Crippen LogP contribution in [0.3, 0.4) is 0 Å². The van der Waals surface area contributed by atoms with Crippen LogP contribution in [0, 0.1) is 0 Å². The second-order valence-corrected chi connectivity index (χ2v) is 7.94. The lowest BCUT2D eigenvalue weighted by Crippen LogP contribution is -2.36. The molecule has 2 aromatic rings. The third-order valence-corrected chi connectivity index (χ3v) is 6.08. The highest BCUT2D eigenvalue weighted by atomic mass is 32.1. The summed E-state index contributed by atoms with van der Waals surface area (Å²) in [5, 5.41) is 4.52. The zero-order valence-electron chi connectivity index (χ0n) is 17.4. The number of benzene rings is 1. The molecule has 8 nitrogen and oxygen atoms in total. The van der Waals surface area contributed by atoms with Crippen molar-refractivity contribution in [3.05, 3.63) is 45.6 Å². The number of methoxy groups -OCH3 is 1. The first-order valence-electron chi connectivity index (χ1n) is 9.52. The van der Waals surface area contributed by atoms with Gasteiger partial charge in [0.25, 0.3) is 0 Å². The number of rotatable bonds is 4. The maximum atomic E-state index is 12.9. The summed E-state index contributed by atoms with van der Waals surface area (Å²) in [5.74, 6) is 0.211. The Kier molecular flexibility index (Phi) is 6.61. The summed E-state index contributed by atoms with van der Waals surface area (Å²) in [6.45, 7) is 4.59. The summed E-state index contributed by atoms with van der Waals surface area (Å²) in [4.78, 5) is 40.1. The highest BCUT2D eigenvalue weighted by molar-refractivity contribution is 7.12. The molecule has 1 aliphatic rings. The maximum Gasteiger partial charge on any atom is 0.350 e. The molecule has 0 fully saturated rings. The number of carbonyl (C=O) groups is 3. The number of nitrogens with zero attached hydrogens (tertiary/aromatic N) is 2. The monoisotopic (exact) mass is 431 g/mol. The van der Waals surface area contributed by atoms with Gasteiger partial charge in [0, 0.05) is 19.5 Å². The van der Waals surface area contributed by atoms with Crippen molar-refractivity contribution in [2.75, 3.05) is 32.6 Å². The van der Waals surface area contributed by atoms with Crippen LogP contribution in [-0.4, -0.2) is 55.0 Å². The van der Waals surface area contributed by atoms with E-state index in [0.29, 0.717) is 30.3 Å². The number of nitrogens with one attached hydrogen (secondary N) is 1. The fourth-order valence-electron chi connectivity index (χ4n) is 3.20. The molecule has 0 spiro atoms. The number of hydrogen-bond acceptors (Lipinski definition) is 6. The zero-order chi connectivity index (χ0) is 21.8. The summed E-state index contributed by atoms with van der Waals surface area (Å²) in [6, 6.07) is 7.03. The number of urea groups is 1. The first kappa shape index (κ1) is 21.6. The predicted octanol–water partition coefficient (Wildman–Crippen LogP) is 3.50. The third-order valence-electron chi connectivity index (χ3n) is 5.19. The van der Waals surface area contributed by atoms with Crippen LogP contribution in [0.2, 0.25) is 0 Å². The van der Waals surface area contributed by atoms with Crippen LogP contribution in [0.15, 0.2) is 29.6 Å². The Morgan fingerprint density at radius 1 is 1.30 bits per heavy atom. The van der Waals surface area contributed by atoms with Crippen molar-refractivity contribution in [1.82, 2.24) is 9.80 Å². The molecule has 9 heteroatoms. The molecule has 1 aliphatic heterocycles. The number of thiophene rings is 1. The average Bonchev–Trinajstić information content (AvgIpc) is 3.08. The van der Waals surface area contributed by atoms with E-state index in [-0.39, 0.29) is 18.0 Å². The van der Waals surface area contributed by atoms with Gasteiger partial charge in [-0.05, 0) is 36.1 Å². The van der Waals surface area contributed by atoms with Gasteiger partial charge >= 0.3 is 12.0 Å². The summed E-state index contributed by atoms with van der Waals surface area (Å²) in [5.41, 5.74) is 2.25. The average molecular weight is 432 g/mol. The molecule has 0 saturated carbocycles. The molecule has 3 rings (SSSR count). The molecular weight excluding hydrogens is 406 g/mol. The molecule has 1 aromatic heterocycles. The van der Waals surface area contributed by atoms with Crippen LogP contribution in [0.1, 0.15) is 40.7 Å². The molecule has 0 aliphatic carbocycles. The van der Waals surface area contributed by atoms with Crippen LogP contribution >= 0.6 is 11.3 Å². The fourth-order valence-corrected chi connectivity index (χ4v) is 3.96. The smallest absolute Gasteiger partial charge is 0.350 e. The quantitative estimate of drug-likeness (QED) is 0.749. The van der Waals surface area contributed by atoms with Gasteiger partial charge in [0.15, 0.2) is 0 Å². The first-order chi connectivity index (χ1) is 14.3. The minimum atomic E-state index is -0.488. The number of hydrogen-bond donors (Lipinski definition) is 1. The molecule has 1 aromatic carbocycles. The molecule has 30 heavy (non-hydrogen) atoms. The molecule has 0 bridgehead atoms. The van der Waals surface area contributed by atoms with Gasteiger partial charge in [-0.25, -0.2) is 9.59 Å². The molecule has 1 atom stereocenters. The Morgan fingerprint density at radius 3 is 2.77 bits per heavy atom. The molecule has 0 unspecified atom stereocenters. The fraction of sp³-hybridized carbons (Fsp3) is 0.381. The minimum absolute atomic E-state index is 0.0214. The van der Waals surface area contributed by atoms with E-state index in [1.165, 1.54) is 25.4 Å². The second kappa shape index (κ2) is 9.17. The topological polar surface area (TPSA) is 88.2 Å². The van der Waals surface area contributed by atoms with Crippen LogP contribution in [0.5, 0.6) is 5.75 Å². The van der Waals surface area contributed by atoms with E-state index in [1.807, 2.05) is 25.1 Å². The summed E-state index contributed by atoms with van der Waals surface area (Å²) < 4.78 is 10.6. The highest BCUT2D eigenvalue weighted by Gasteiger charge is 2.24. The molecule has 3 amide bonds. The summed E-state index contributed by atoms with van der Waals surface area (Å²) in [7, 11) is 3.06. The Bertz CT molecular complexity index is 958. The van der Waals surface area contributed by atoms with Crippen molar-refractivity contribution in [2.45, 2.75) is 26.4 Å². The lowest BCUT2D eigenvalue weighted by molar-refractivity contribution is -0.129.